The fraction of sp³-hybridized carbons (Fsp3) is 0.0222. The molecule has 0 saturated carbocycles. The molecule has 0 fully saturated rings. The van der Waals surface area contributed by atoms with Crippen LogP contribution in [0.5, 0.6) is 0 Å². The first-order valence-electron chi connectivity index (χ1n) is 16.6. The van der Waals surface area contributed by atoms with E-state index in [0.717, 1.165) is 61.0 Å². The molecule has 0 saturated heterocycles. The number of para-hydroxylation sites is 1. The van der Waals surface area contributed by atoms with E-state index in [-0.39, 0.29) is 0 Å². The van der Waals surface area contributed by atoms with Gasteiger partial charge in [-0.2, -0.15) is 0 Å². The molecular formula is C45H29N3O. The van der Waals surface area contributed by atoms with Crippen LogP contribution in [0.15, 0.2) is 178 Å². The van der Waals surface area contributed by atoms with E-state index >= 15 is 0 Å². The molecule has 0 amide bonds. The molecule has 1 aromatic heterocycles. The van der Waals surface area contributed by atoms with Gasteiger partial charge < -0.3 is 9.73 Å². The van der Waals surface area contributed by atoms with Crippen LogP contribution in [0.4, 0.5) is 0 Å². The molecule has 1 aliphatic rings. The second-order valence-electron chi connectivity index (χ2n) is 12.6. The van der Waals surface area contributed by atoms with Crippen molar-refractivity contribution in [3.05, 3.63) is 180 Å². The third-order valence-electron chi connectivity index (χ3n) is 9.69. The summed E-state index contributed by atoms with van der Waals surface area (Å²) in [5, 5.41) is 13.2. The Kier molecular flexibility index (Phi) is 6.21. The zero-order chi connectivity index (χ0) is 32.3. The van der Waals surface area contributed by atoms with Gasteiger partial charge in [-0.15, -0.1) is 0 Å². The minimum absolute atomic E-state index is 0.433. The Balaban J connectivity index is 1.25. The molecule has 1 aliphatic heterocycles. The topological polar surface area (TPSA) is 49.9 Å². The van der Waals surface area contributed by atoms with E-state index in [4.69, 9.17) is 14.4 Å². The van der Waals surface area contributed by atoms with Gasteiger partial charge >= 0.3 is 0 Å². The first-order chi connectivity index (χ1) is 24.3. The summed E-state index contributed by atoms with van der Waals surface area (Å²) in [4.78, 5) is 10.6. The largest absolute Gasteiger partial charge is 0.456 e. The minimum Gasteiger partial charge on any atom is -0.456 e. The molecule has 1 N–H and O–H groups in total. The maximum Gasteiger partial charge on any atom is 0.159 e. The van der Waals surface area contributed by atoms with Crippen LogP contribution in [0.25, 0.3) is 65.4 Å². The quantitative estimate of drug-likeness (QED) is 0.197. The van der Waals surface area contributed by atoms with Crippen LogP contribution in [0.2, 0.25) is 0 Å². The van der Waals surface area contributed by atoms with Crippen LogP contribution in [0.3, 0.4) is 0 Å². The van der Waals surface area contributed by atoms with Gasteiger partial charge in [0.05, 0.1) is 0 Å². The molecule has 0 bridgehead atoms. The zero-order valence-corrected chi connectivity index (χ0v) is 26.5. The van der Waals surface area contributed by atoms with Gasteiger partial charge in [0.15, 0.2) is 5.84 Å². The SMILES string of the molecule is c1ccc(C2=NC(c3cc(-c4ccccc4)cc4oc5ccccc5c34)NC(c3cc4ccccc4c4c3ccc3ccccc34)=N2)cc1. The lowest BCUT2D eigenvalue weighted by atomic mass is 9.92. The number of aliphatic imine (C=N–C) groups is 2. The monoisotopic (exact) mass is 627 g/mol. The number of amidine groups is 2. The Morgan fingerprint density at radius 2 is 1.12 bits per heavy atom. The van der Waals surface area contributed by atoms with Gasteiger partial charge in [0.25, 0.3) is 0 Å². The lowest BCUT2D eigenvalue weighted by Gasteiger charge is -2.26. The second-order valence-corrected chi connectivity index (χ2v) is 12.6. The molecule has 49 heavy (non-hydrogen) atoms. The van der Waals surface area contributed by atoms with E-state index in [2.05, 4.69) is 133 Å². The average Bonchev–Trinajstić information content (AvgIpc) is 3.56. The van der Waals surface area contributed by atoms with Gasteiger partial charge in [-0.25, -0.2) is 9.98 Å². The number of furan rings is 1. The van der Waals surface area contributed by atoms with E-state index in [9.17, 15) is 0 Å². The van der Waals surface area contributed by atoms with Crippen molar-refractivity contribution in [1.29, 1.82) is 0 Å². The highest BCUT2D eigenvalue weighted by Crippen LogP contribution is 2.40. The molecular weight excluding hydrogens is 599 g/mol. The summed E-state index contributed by atoms with van der Waals surface area (Å²) >= 11 is 0. The first-order valence-corrected chi connectivity index (χ1v) is 16.6. The first kappa shape index (κ1) is 27.6. The summed E-state index contributed by atoms with van der Waals surface area (Å²) < 4.78 is 6.51. The van der Waals surface area contributed by atoms with Crippen molar-refractivity contribution >= 4 is 65.9 Å². The molecule has 1 atom stereocenters. The number of hydrogen-bond acceptors (Lipinski definition) is 4. The van der Waals surface area contributed by atoms with E-state index in [1.807, 2.05) is 36.4 Å². The Morgan fingerprint density at radius 3 is 1.92 bits per heavy atom. The molecule has 4 nitrogen and oxygen atoms in total. The van der Waals surface area contributed by atoms with Crippen molar-refractivity contribution in [3.63, 3.8) is 0 Å². The number of nitrogens with zero attached hydrogens (tertiary/aromatic N) is 2. The summed E-state index contributed by atoms with van der Waals surface area (Å²) in [5.41, 5.74) is 6.94. The maximum atomic E-state index is 6.51. The average molecular weight is 628 g/mol. The predicted octanol–water partition coefficient (Wildman–Crippen LogP) is 11.2. The van der Waals surface area contributed by atoms with Gasteiger partial charge in [0.2, 0.25) is 0 Å². The van der Waals surface area contributed by atoms with Crippen molar-refractivity contribution in [2.75, 3.05) is 0 Å². The lowest BCUT2D eigenvalue weighted by molar-refractivity contribution is 0.662. The number of hydrogen-bond donors (Lipinski definition) is 1. The normalized spacial score (nSPS) is 14.7. The van der Waals surface area contributed by atoms with E-state index < -0.39 is 6.17 Å². The van der Waals surface area contributed by atoms with Crippen LogP contribution < -0.4 is 5.32 Å². The fourth-order valence-electron chi connectivity index (χ4n) is 7.43. The van der Waals surface area contributed by atoms with Crippen LogP contribution in [-0.2, 0) is 0 Å². The highest BCUT2D eigenvalue weighted by Gasteiger charge is 2.27. The number of nitrogens with one attached hydrogen (secondary N) is 1. The predicted molar refractivity (Wildman–Crippen MR) is 204 cm³/mol. The zero-order valence-electron chi connectivity index (χ0n) is 26.5. The molecule has 8 aromatic carbocycles. The smallest absolute Gasteiger partial charge is 0.159 e. The fourth-order valence-corrected chi connectivity index (χ4v) is 7.43. The summed E-state index contributed by atoms with van der Waals surface area (Å²) in [5.74, 6) is 1.48. The highest BCUT2D eigenvalue weighted by atomic mass is 16.3. The standard InChI is InChI=1S/C45H29N3O/c1-3-13-28(14-4-1)32-26-38(42-36-21-11-12-22-39(36)49-40(42)27-32)45-47-43(30-16-5-2-6-17-30)46-44(48-45)37-25-31-18-8-10-20-34(31)41-33-19-9-7-15-29(33)23-24-35(37)41/h1-27,45H,(H,46,47,48). The lowest BCUT2D eigenvalue weighted by Crippen LogP contribution is -2.34. The summed E-state index contributed by atoms with van der Waals surface area (Å²) in [6, 6.07) is 57.4. The van der Waals surface area contributed by atoms with Gasteiger partial charge in [0.1, 0.15) is 23.2 Å². The van der Waals surface area contributed by atoms with E-state index in [0.29, 0.717) is 5.84 Å². The van der Waals surface area contributed by atoms with Crippen molar-refractivity contribution in [3.8, 4) is 11.1 Å². The van der Waals surface area contributed by atoms with Crippen molar-refractivity contribution in [1.82, 2.24) is 5.32 Å². The van der Waals surface area contributed by atoms with Gasteiger partial charge in [0, 0.05) is 27.5 Å². The Labute approximate surface area is 282 Å². The molecule has 0 aliphatic carbocycles. The number of fused-ring (bicyclic) bond motifs is 8. The molecule has 0 radical (unpaired) electrons. The van der Waals surface area contributed by atoms with Crippen LogP contribution in [0.1, 0.15) is 22.9 Å². The van der Waals surface area contributed by atoms with Crippen molar-refractivity contribution in [2.24, 2.45) is 9.98 Å². The molecule has 9 aromatic rings. The van der Waals surface area contributed by atoms with Crippen molar-refractivity contribution < 1.29 is 4.42 Å². The van der Waals surface area contributed by atoms with E-state index in [1.165, 1.54) is 26.9 Å². The summed E-state index contributed by atoms with van der Waals surface area (Å²) in [7, 11) is 0. The van der Waals surface area contributed by atoms with Gasteiger partial charge in [-0.1, -0.05) is 140 Å². The van der Waals surface area contributed by atoms with Crippen LogP contribution >= 0.6 is 0 Å². The van der Waals surface area contributed by atoms with Crippen LogP contribution in [-0.4, -0.2) is 11.7 Å². The second kappa shape index (κ2) is 11.0. The van der Waals surface area contributed by atoms with Gasteiger partial charge in [-0.3, -0.25) is 0 Å². The Morgan fingerprint density at radius 1 is 0.469 bits per heavy atom. The number of rotatable bonds is 4. The molecule has 10 rings (SSSR count). The van der Waals surface area contributed by atoms with Gasteiger partial charge in [-0.05, 0) is 67.7 Å². The van der Waals surface area contributed by atoms with Crippen molar-refractivity contribution in [2.45, 2.75) is 6.17 Å². The minimum atomic E-state index is -0.433. The van der Waals surface area contributed by atoms with E-state index in [1.54, 1.807) is 0 Å². The summed E-state index contributed by atoms with van der Waals surface area (Å²) in [6.45, 7) is 0. The van der Waals surface area contributed by atoms with Crippen LogP contribution in [0, 0.1) is 0 Å². The molecule has 230 valence electrons. The maximum absolute atomic E-state index is 6.51. The molecule has 1 unspecified atom stereocenters. The Hall–Kier alpha value is -6.52. The molecule has 2 heterocycles. The third kappa shape index (κ3) is 4.53. The molecule has 0 spiro atoms. The Bertz CT molecular complexity index is 2780. The molecule has 4 heteroatoms. The summed E-state index contributed by atoms with van der Waals surface area (Å²) in [6.07, 6.45) is -0.433. The third-order valence-corrected chi connectivity index (χ3v) is 9.69. The highest BCUT2D eigenvalue weighted by molar-refractivity contribution is 6.27. The number of benzene rings is 8.